The Bertz CT molecular complexity index is 844. The molecule has 6 heteroatoms. The quantitative estimate of drug-likeness (QED) is 0.563. The van der Waals surface area contributed by atoms with Gasteiger partial charge in [-0.3, -0.25) is 0 Å². The van der Waals surface area contributed by atoms with Gasteiger partial charge in [0, 0.05) is 29.6 Å². The number of benzene rings is 3. The fourth-order valence-electron chi connectivity index (χ4n) is 2.19. The highest BCUT2D eigenvalue weighted by Gasteiger charge is 2.05. The zero-order chi connectivity index (χ0) is 17.6. The summed E-state index contributed by atoms with van der Waals surface area (Å²) in [7, 11) is 0. The van der Waals surface area contributed by atoms with Crippen molar-refractivity contribution in [2.45, 2.75) is 0 Å². The van der Waals surface area contributed by atoms with E-state index in [9.17, 15) is 15.0 Å². The van der Waals surface area contributed by atoms with Crippen LogP contribution in [0.3, 0.4) is 0 Å². The average molecular weight is 336 g/mol. The molecule has 0 radical (unpaired) electrons. The number of nitrogens with one attached hydrogen (secondary N) is 2. The lowest BCUT2D eigenvalue weighted by Crippen LogP contribution is -2.19. The van der Waals surface area contributed by atoms with Crippen LogP contribution in [0.15, 0.2) is 72.8 Å². The van der Waals surface area contributed by atoms with Crippen molar-refractivity contribution in [3.8, 4) is 23.0 Å². The lowest BCUT2D eigenvalue weighted by atomic mass is 10.3. The lowest BCUT2D eigenvalue weighted by molar-refractivity contribution is 0.262. The third kappa shape index (κ3) is 4.65. The second kappa shape index (κ2) is 7.27. The van der Waals surface area contributed by atoms with Crippen LogP contribution in [0, 0.1) is 0 Å². The van der Waals surface area contributed by atoms with Crippen LogP contribution in [-0.2, 0) is 0 Å². The summed E-state index contributed by atoms with van der Waals surface area (Å²) < 4.78 is 5.68. The number of amides is 2. The van der Waals surface area contributed by atoms with Crippen molar-refractivity contribution in [2.75, 3.05) is 10.6 Å². The maximum Gasteiger partial charge on any atom is 0.323 e. The van der Waals surface area contributed by atoms with E-state index >= 15 is 0 Å². The van der Waals surface area contributed by atoms with Crippen molar-refractivity contribution < 1.29 is 19.7 Å². The average Bonchev–Trinajstić information content (AvgIpc) is 2.56. The fraction of sp³-hybridized carbons (Fsp3) is 0. The van der Waals surface area contributed by atoms with Crippen LogP contribution < -0.4 is 15.4 Å². The first-order valence-electron chi connectivity index (χ1n) is 7.52. The maximum absolute atomic E-state index is 12.0. The molecule has 0 saturated heterocycles. The van der Waals surface area contributed by atoms with Gasteiger partial charge >= 0.3 is 6.03 Å². The minimum atomic E-state index is -0.498. The molecule has 0 atom stereocenters. The molecule has 4 N–H and O–H groups in total. The number of rotatable bonds is 4. The molecule has 0 aliphatic heterocycles. The standard InChI is InChI=1S/C19H16N2O4/c22-15-10-14(11-16(23)12-15)21-19(24)20-13-6-8-18(9-7-13)25-17-4-2-1-3-5-17/h1-12,22-23H,(H2,20,21,24). The Labute approximate surface area is 144 Å². The van der Waals surface area contributed by atoms with Gasteiger partial charge in [-0.05, 0) is 36.4 Å². The molecule has 3 aromatic carbocycles. The molecule has 2 amide bonds. The number of carbonyl (C=O) groups excluding carboxylic acids is 1. The largest absolute Gasteiger partial charge is 0.508 e. The molecule has 3 rings (SSSR count). The Balaban J connectivity index is 1.60. The molecule has 0 aliphatic rings. The highest BCUT2D eigenvalue weighted by Crippen LogP contribution is 2.25. The van der Waals surface area contributed by atoms with Crippen molar-refractivity contribution in [3.05, 3.63) is 72.8 Å². The molecule has 0 fully saturated rings. The molecule has 0 aliphatic carbocycles. The topological polar surface area (TPSA) is 90.8 Å². The van der Waals surface area contributed by atoms with Gasteiger partial charge in [-0.2, -0.15) is 0 Å². The number of hydrogen-bond donors (Lipinski definition) is 4. The Kier molecular flexibility index (Phi) is 4.71. The Morgan fingerprint density at radius 1 is 0.720 bits per heavy atom. The predicted molar refractivity (Wildman–Crippen MR) is 95.4 cm³/mol. The monoisotopic (exact) mass is 336 g/mol. The Hall–Kier alpha value is -3.67. The van der Waals surface area contributed by atoms with Gasteiger partial charge in [0.1, 0.15) is 23.0 Å². The molecule has 0 bridgehead atoms. The first-order valence-corrected chi connectivity index (χ1v) is 7.52. The number of hydrogen-bond acceptors (Lipinski definition) is 4. The molecule has 25 heavy (non-hydrogen) atoms. The van der Waals surface area contributed by atoms with Gasteiger partial charge in [0.15, 0.2) is 0 Å². The minimum absolute atomic E-state index is 0.141. The van der Waals surface area contributed by atoms with Crippen LogP contribution in [0.5, 0.6) is 23.0 Å². The van der Waals surface area contributed by atoms with E-state index in [1.165, 1.54) is 18.2 Å². The van der Waals surface area contributed by atoms with Gasteiger partial charge < -0.3 is 25.6 Å². The summed E-state index contributed by atoms with van der Waals surface area (Å²) in [5.74, 6) is 1.09. The van der Waals surface area contributed by atoms with Gasteiger partial charge in [0.2, 0.25) is 0 Å². The molecule has 0 aromatic heterocycles. The number of urea groups is 1. The van der Waals surface area contributed by atoms with Crippen molar-refractivity contribution in [1.82, 2.24) is 0 Å². The van der Waals surface area contributed by atoms with E-state index in [1.807, 2.05) is 30.3 Å². The first-order chi connectivity index (χ1) is 12.1. The number of phenolic OH excluding ortho intramolecular Hbond substituents is 2. The number of carbonyl (C=O) groups is 1. The van der Waals surface area contributed by atoms with Crippen molar-refractivity contribution in [2.24, 2.45) is 0 Å². The Morgan fingerprint density at radius 3 is 1.92 bits per heavy atom. The Morgan fingerprint density at radius 2 is 1.28 bits per heavy atom. The van der Waals surface area contributed by atoms with Crippen LogP contribution in [-0.4, -0.2) is 16.2 Å². The molecule has 0 spiro atoms. The third-order valence-corrected chi connectivity index (χ3v) is 3.25. The molecule has 126 valence electrons. The van der Waals surface area contributed by atoms with Crippen LogP contribution in [0.25, 0.3) is 0 Å². The van der Waals surface area contributed by atoms with Gasteiger partial charge in [-0.25, -0.2) is 4.79 Å². The van der Waals surface area contributed by atoms with Gasteiger partial charge in [0.25, 0.3) is 0 Å². The summed E-state index contributed by atoms with van der Waals surface area (Å²) in [5, 5.41) is 24.0. The molecular formula is C19H16N2O4. The minimum Gasteiger partial charge on any atom is -0.508 e. The van der Waals surface area contributed by atoms with Crippen molar-refractivity contribution >= 4 is 17.4 Å². The van der Waals surface area contributed by atoms with Crippen LogP contribution in [0.2, 0.25) is 0 Å². The molecule has 6 nitrogen and oxygen atoms in total. The molecule has 0 unspecified atom stereocenters. The number of ether oxygens (including phenoxy) is 1. The predicted octanol–water partition coefficient (Wildman–Crippen LogP) is 4.53. The second-order valence-corrected chi connectivity index (χ2v) is 5.26. The van der Waals surface area contributed by atoms with E-state index < -0.39 is 6.03 Å². The third-order valence-electron chi connectivity index (χ3n) is 3.25. The molecular weight excluding hydrogens is 320 g/mol. The summed E-state index contributed by atoms with van der Waals surface area (Å²) in [5.41, 5.74) is 0.848. The molecule has 0 heterocycles. The SMILES string of the molecule is O=C(Nc1ccc(Oc2ccccc2)cc1)Nc1cc(O)cc(O)c1. The van der Waals surface area contributed by atoms with E-state index in [1.54, 1.807) is 24.3 Å². The first kappa shape index (κ1) is 16.2. The van der Waals surface area contributed by atoms with Gasteiger partial charge in [0.05, 0.1) is 0 Å². The maximum atomic E-state index is 12.0. The summed E-state index contributed by atoms with van der Waals surface area (Å²) in [6.07, 6.45) is 0. The smallest absolute Gasteiger partial charge is 0.323 e. The zero-order valence-electron chi connectivity index (χ0n) is 13.1. The van der Waals surface area contributed by atoms with E-state index in [0.29, 0.717) is 11.4 Å². The van der Waals surface area contributed by atoms with Gasteiger partial charge in [-0.15, -0.1) is 0 Å². The van der Waals surface area contributed by atoms with Gasteiger partial charge in [-0.1, -0.05) is 18.2 Å². The molecule has 3 aromatic rings. The van der Waals surface area contributed by atoms with Crippen LogP contribution >= 0.6 is 0 Å². The van der Waals surface area contributed by atoms with Crippen molar-refractivity contribution in [3.63, 3.8) is 0 Å². The lowest BCUT2D eigenvalue weighted by Gasteiger charge is -2.10. The summed E-state index contributed by atoms with van der Waals surface area (Å²) in [6.45, 7) is 0. The normalized spacial score (nSPS) is 10.1. The van der Waals surface area contributed by atoms with Crippen molar-refractivity contribution in [1.29, 1.82) is 0 Å². The summed E-state index contributed by atoms with van der Waals surface area (Å²) in [4.78, 5) is 12.0. The van der Waals surface area contributed by atoms with Crippen LogP contribution in [0.4, 0.5) is 16.2 Å². The fourth-order valence-corrected chi connectivity index (χ4v) is 2.19. The number of anilines is 2. The highest BCUT2D eigenvalue weighted by molar-refractivity contribution is 6.00. The van der Waals surface area contributed by atoms with E-state index in [0.717, 1.165) is 5.75 Å². The van der Waals surface area contributed by atoms with E-state index in [4.69, 9.17) is 4.74 Å². The highest BCUT2D eigenvalue weighted by atomic mass is 16.5. The summed E-state index contributed by atoms with van der Waals surface area (Å²) >= 11 is 0. The zero-order valence-corrected chi connectivity index (χ0v) is 13.1. The van der Waals surface area contributed by atoms with E-state index in [2.05, 4.69) is 10.6 Å². The second-order valence-electron chi connectivity index (χ2n) is 5.26. The van der Waals surface area contributed by atoms with E-state index in [-0.39, 0.29) is 17.2 Å². The number of aromatic hydroxyl groups is 2. The molecule has 0 saturated carbocycles. The van der Waals surface area contributed by atoms with Crippen LogP contribution in [0.1, 0.15) is 0 Å². The number of para-hydroxylation sites is 1. The number of phenols is 2. The summed E-state index contributed by atoms with van der Waals surface area (Å²) in [6, 6.07) is 19.6.